The highest BCUT2D eigenvalue weighted by molar-refractivity contribution is 5.62. The zero-order valence-corrected chi connectivity index (χ0v) is 16.3. The average molecular weight is 417 g/mol. The molecule has 0 bridgehead atoms. The van der Waals surface area contributed by atoms with E-state index < -0.39 is 18.0 Å². The van der Waals surface area contributed by atoms with Gasteiger partial charge in [-0.2, -0.15) is 5.10 Å². The van der Waals surface area contributed by atoms with Gasteiger partial charge in [-0.25, -0.2) is 28.2 Å². The van der Waals surface area contributed by atoms with E-state index in [9.17, 15) is 8.78 Å². The number of aromatic nitrogens is 5. The van der Waals surface area contributed by atoms with E-state index in [1.54, 1.807) is 13.2 Å². The van der Waals surface area contributed by atoms with Gasteiger partial charge in [0, 0.05) is 12.6 Å². The van der Waals surface area contributed by atoms with Crippen LogP contribution in [0.5, 0.6) is 5.75 Å². The number of imidazole rings is 1. The van der Waals surface area contributed by atoms with E-state index >= 15 is 0 Å². The molecule has 5 heterocycles. The summed E-state index contributed by atoms with van der Waals surface area (Å²) in [7, 11) is 1.57. The molecule has 2 fully saturated rings. The first kappa shape index (κ1) is 19.1. The highest BCUT2D eigenvalue weighted by atomic mass is 19.1. The van der Waals surface area contributed by atoms with E-state index in [0.717, 1.165) is 11.9 Å². The zero-order valence-electron chi connectivity index (χ0n) is 16.3. The van der Waals surface area contributed by atoms with E-state index in [1.165, 1.54) is 10.7 Å². The molecule has 30 heavy (non-hydrogen) atoms. The third kappa shape index (κ3) is 3.33. The largest absolute Gasteiger partial charge is 0.495 e. The maximum atomic E-state index is 14.6. The lowest BCUT2D eigenvalue weighted by Crippen LogP contribution is -2.46. The second-order valence-corrected chi connectivity index (χ2v) is 7.40. The molecular formula is C19H21F2N7O2. The highest BCUT2D eigenvalue weighted by Crippen LogP contribution is 2.32. The summed E-state index contributed by atoms with van der Waals surface area (Å²) < 4.78 is 41.0. The quantitative estimate of drug-likeness (QED) is 0.646. The second-order valence-electron chi connectivity index (χ2n) is 7.40. The van der Waals surface area contributed by atoms with Crippen molar-refractivity contribution in [3.05, 3.63) is 30.0 Å². The van der Waals surface area contributed by atoms with Gasteiger partial charge in [-0.3, -0.25) is 0 Å². The van der Waals surface area contributed by atoms with Crippen LogP contribution in [0.3, 0.4) is 0 Å². The van der Waals surface area contributed by atoms with Crippen LogP contribution in [0.2, 0.25) is 0 Å². The minimum atomic E-state index is -1.03. The number of halogens is 2. The predicted octanol–water partition coefficient (Wildman–Crippen LogP) is 1.56. The summed E-state index contributed by atoms with van der Waals surface area (Å²) in [5, 5.41) is 10.7. The van der Waals surface area contributed by atoms with Gasteiger partial charge in [0.25, 0.3) is 0 Å². The fourth-order valence-electron chi connectivity index (χ4n) is 3.66. The SMILES string of the molecule is COc1cc2ncc(-c3nc(NC4CNCCC4F)ncc3F)n2nc1C1COC1. The Bertz CT molecular complexity index is 1070. The molecule has 0 aromatic carbocycles. The number of ether oxygens (including phenoxy) is 2. The summed E-state index contributed by atoms with van der Waals surface area (Å²) in [6, 6.07) is 1.27. The van der Waals surface area contributed by atoms with Crippen LogP contribution >= 0.6 is 0 Å². The summed E-state index contributed by atoms with van der Waals surface area (Å²) in [4.78, 5) is 12.6. The van der Waals surface area contributed by atoms with Crippen LogP contribution < -0.4 is 15.4 Å². The van der Waals surface area contributed by atoms with Crippen LogP contribution in [-0.4, -0.2) is 70.2 Å². The van der Waals surface area contributed by atoms with E-state index in [0.29, 0.717) is 49.8 Å². The zero-order chi connectivity index (χ0) is 20.7. The van der Waals surface area contributed by atoms with Gasteiger partial charge in [0.05, 0.1) is 44.7 Å². The maximum absolute atomic E-state index is 14.6. The summed E-state index contributed by atoms with van der Waals surface area (Å²) >= 11 is 0. The molecule has 2 saturated heterocycles. The molecule has 0 spiro atoms. The number of nitrogens with zero attached hydrogens (tertiary/aromatic N) is 5. The standard InChI is InChI=1S/C19H21F2N7O2/c1-29-15-4-16-23-7-14(28(16)27-17(15)10-8-30-9-10)18-12(21)5-24-19(26-18)25-13-6-22-3-2-11(13)20/h4-5,7,10-11,13,22H,2-3,6,8-9H2,1H3,(H,24,25,26). The monoisotopic (exact) mass is 417 g/mol. The number of fused-ring (bicyclic) bond motifs is 1. The molecule has 2 atom stereocenters. The topological polar surface area (TPSA) is 98.5 Å². The molecule has 11 heteroatoms. The van der Waals surface area contributed by atoms with Gasteiger partial charge < -0.3 is 20.1 Å². The fraction of sp³-hybridized carbons (Fsp3) is 0.474. The molecule has 3 aromatic heterocycles. The van der Waals surface area contributed by atoms with Crippen molar-refractivity contribution in [3.8, 4) is 17.1 Å². The number of anilines is 1. The first-order valence-corrected chi connectivity index (χ1v) is 9.78. The lowest BCUT2D eigenvalue weighted by molar-refractivity contribution is 0.00530. The Morgan fingerprint density at radius 2 is 2.17 bits per heavy atom. The predicted molar refractivity (Wildman–Crippen MR) is 104 cm³/mol. The molecule has 0 radical (unpaired) electrons. The number of piperidine rings is 1. The Labute approximate surface area is 170 Å². The van der Waals surface area contributed by atoms with E-state index in [4.69, 9.17) is 9.47 Å². The highest BCUT2D eigenvalue weighted by Gasteiger charge is 2.28. The van der Waals surface area contributed by atoms with Crippen LogP contribution in [0.4, 0.5) is 14.7 Å². The van der Waals surface area contributed by atoms with Gasteiger partial charge in [-0.05, 0) is 13.0 Å². The van der Waals surface area contributed by atoms with Crippen LogP contribution in [0, 0.1) is 5.82 Å². The van der Waals surface area contributed by atoms with Gasteiger partial charge in [0.15, 0.2) is 11.5 Å². The minimum Gasteiger partial charge on any atom is -0.495 e. The third-order valence-electron chi connectivity index (χ3n) is 5.43. The molecule has 2 unspecified atom stereocenters. The molecule has 9 nitrogen and oxygen atoms in total. The maximum Gasteiger partial charge on any atom is 0.223 e. The van der Waals surface area contributed by atoms with Crippen LogP contribution in [0.15, 0.2) is 18.5 Å². The van der Waals surface area contributed by atoms with Crippen molar-refractivity contribution in [2.45, 2.75) is 24.6 Å². The summed E-state index contributed by atoms with van der Waals surface area (Å²) in [6.45, 7) is 2.17. The number of alkyl halides is 1. The minimum absolute atomic E-state index is 0.0349. The molecule has 158 valence electrons. The van der Waals surface area contributed by atoms with Crippen LogP contribution in [0.25, 0.3) is 17.0 Å². The van der Waals surface area contributed by atoms with Gasteiger partial charge >= 0.3 is 0 Å². The molecule has 0 aliphatic carbocycles. The van der Waals surface area contributed by atoms with Crippen LogP contribution in [0.1, 0.15) is 18.0 Å². The molecule has 2 aliphatic heterocycles. The lowest BCUT2D eigenvalue weighted by atomic mass is 10.0. The first-order valence-electron chi connectivity index (χ1n) is 9.78. The van der Waals surface area contributed by atoms with Crippen molar-refractivity contribution in [1.29, 1.82) is 0 Å². The Morgan fingerprint density at radius 3 is 2.90 bits per heavy atom. The van der Waals surface area contributed by atoms with Crippen molar-refractivity contribution in [1.82, 2.24) is 29.9 Å². The average Bonchev–Trinajstić information content (AvgIpc) is 3.12. The molecule has 5 rings (SSSR count). The van der Waals surface area contributed by atoms with Crippen molar-refractivity contribution in [2.75, 3.05) is 38.7 Å². The smallest absolute Gasteiger partial charge is 0.223 e. The molecule has 0 saturated carbocycles. The molecule has 3 aromatic rings. The fourth-order valence-corrected chi connectivity index (χ4v) is 3.66. The van der Waals surface area contributed by atoms with E-state index in [1.807, 2.05) is 0 Å². The van der Waals surface area contributed by atoms with Crippen molar-refractivity contribution in [3.63, 3.8) is 0 Å². The molecular weight excluding hydrogens is 396 g/mol. The Morgan fingerprint density at radius 1 is 1.30 bits per heavy atom. The summed E-state index contributed by atoms with van der Waals surface area (Å²) in [5.74, 6) is 0.246. The molecule has 2 N–H and O–H groups in total. The normalized spacial score (nSPS) is 22.1. The van der Waals surface area contributed by atoms with Gasteiger partial charge in [-0.1, -0.05) is 0 Å². The first-order chi connectivity index (χ1) is 14.6. The number of hydrogen-bond donors (Lipinski definition) is 2. The Kier molecular flexibility index (Phi) is 4.91. The third-order valence-corrected chi connectivity index (χ3v) is 5.43. The van der Waals surface area contributed by atoms with Crippen molar-refractivity contribution < 1.29 is 18.3 Å². The van der Waals surface area contributed by atoms with Gasteiger partial charge in [0.1, 0.15) is 29.0 Å². The summed E-state index contributed by atoms with van der Waals surface area (Å²) in [6.07, 6.45) is 1.94. The van der Waals surface area contributed by atoms with Gasteiger partial charge in [-0.15, -0.1) is 0 Å². The van der Waals surface area contributed by atoms with Crippen molar-refractivity contribution >= 4 is 11.6 Å². The van der Waals surface area contributed by atoms with E-state index in [2.05, 4.69) is 30.7 Å². The van der Waals surface area contributed by atoms with E-state index in [-0.39, 0.29) is 17.6 Å². The second kappa shape index (κ2) is 7.73. The number of nitrogens with one attached hydrogen (secondary N) is 2. The molecule has 0 amide bonds. The number of hydrogen-bond acceptors (Lipinski definition) is 8. The Balaban J connectivity index is 1.53. The molecule has 2 aliphatic rings. The number of methoxy groups -OCH3 is 1. The van der Waals surface area contributed by atoms with Crippen molar-refractivity contribution in [2.24, 2.45) is 0 Å². The van der Waals surface area contributed by atoms with Crippen LogP contribution in [-0.2, 0) is 4.74 Å². The van der Waals surface area contributed by atoms with Gasteiger partial charge in [0.2, 0.25) is 5.95 Å². The summed E-state index contributed by atoms with van der Waals surface area (Å²) in [5.41, 5.74) is 1.62. The number of rotatable bonds is 5. The lowest BCUT2D eigenvalue weighted by Gasteiger charge is -2.27. The Hall–Kier alpha value is -2.92.